The van der Waals surface area contributed by atoms with Crippen molar-refractivity contribution in [3.63, 3.8) is 0 Å². The second-order valence-corrected chi connectivity index (χ2v) is 9.07. The van der Waals surface area contributed by atoms with Gasteiger partial charge in [-0.05, 0) is 86.8 Å². The summed E-state index contributed by atoms with van der Waals surface area (Å²) in [6, 6.07) is 24.0. The second kappa shape index (κ2) is 13.3. The lowest BCUT2D eigenvalue weighted by Crippen LogP contribution is -2.38. The Hall–Kier alpha value is -4.00. The molecular formula is C30H35N3O4. The van der Waals surface area contributed by atoms with E-state index in [1.165, 1.54) is 0 Å². The maximum Gasteiger partial charge on any atom is 0.326 e. The van der Waals surface area contributed by atoms with Gasteiger partial charge in [-0.3, -0.25) is 9.69 Å². The van der Waals surface area contributed by atoms with Crippen molar-refractivity contribution in [3.8, 4) is 17.2 Å². The van der Waals surface area contributed by atoms with Gasteiger partial charge in [0.1, 0.15) is 17.2 Å². The first-order valence-corrected chi connectivity index (χ1v) is 13.0. The SMILES string of the molecule is CCOc1ccc(NC(=O)N(CCCNC(=O)C2CCCC2)c2ccc(Oc3ccccc3)cc2)cc1. The van der Waals surface area contributed by atoms with Crippen LogP contribution in [0.3, 0.4) is 0 Å². The Kier molecular flexibility index (Phi) is 9.41. The first-order chi connectivity index (χ1) is 18.1. The van der Waals surface area contributed by atoms with E-state index in [0.717, 1.165) is 42.9 Å². The molecule has 1 aliphatic rings. The van der Waals surface area contributed by atoms with Gasteiger partial charge in [0.05, 0.1) is 6.61 Å². The van der Waals surface area contributed by atoms with E-state index in [0.29, 0.717) is 37.6 Å². The summed E-state index contributed by atoms with van der Waals surface area (Å²) in [5.74, 6) is 2.45. The van der Waals surface area contributed by atoms with Crippen molar-refractivity contribution < 1.29 is 19.1 Å². The summed E-state index contributed by atoms with van der Waals surface area (Å²) in [6.07, 6.45) is 4.83. The van der Waals surface area contributed by atoms with Crippen molar-refractivity contribution in [1.29, 1.82) is 0 Å². The summed E-state index contributed by atoms with van der Waals surface area (Å²) in [7, 11) is 0. The maximum absolute atomic E-state index is 13.3. The molecule has 1 saturated carbocycles. The molecule has 7 heteroatoms. The van der Waals surface area contributed by atoms with Gasteiger partial charge in [-0.15, -0.1) is 0 Å². The fourth-order valence-electron chi connectivity index (χ4n) is 4.44. The molecule has 0 spiro atoms. The predicted octanol–water partition coefficient (Wildman–Crippen LogP) is 6.61. The number of ether oxygens (including phenoxy) is 2. The summed E-state index contributed by atoms with van der Waals surface area (Å²) < 4.78 is 11.4. The minimum atomic E-state index is -0.247. The van der Waals surface area contributed by atoms with Crippen molar-refractivity contribution in [2.75, 3.05) is 29.9 Å². The number of hydrogen-bond acceptors (Lipinski definition) is 4. The molecule has 0 aromatic heterocycles. The summed E-state index contributed by atoms with van der Waals surface area (Å²) in [5, 5.41) is 6.01. The molecule has 0 bridgehead atoms. The van der Waals surface area contributed by atoms with Gasteiger partial charge >= 0.3 is 6.03 Å². The molecule has 1 fully saturated rings. The molecule has 2 N–H and O–H groups in total. The van der Waals surface area contributed by atoms with Gasteiger partial charge < -0.3 is 20.1 Å². The molecule has 194 valence electrons. The molecule has 0 atom stereocenters. The van der Waals surface area contributed by atoms with Crippen LogP contribution in [0.4, 0.5) is 16.2 Å². The third-order valence-corrected chi connectivity index (χ3v) is 6.37. The van der Waals surface area contributed by atoms with Gasteiger partial charge in [0.2, 0.25) is 5.91 Å². The Labute approximate surface area is 218 Å². The van der Waals surface area contributed by atoms with Crippen molar-refractivity contribution in [3.05, 3.63) is 78.9 Å². The predicted molar refractivity (Wildman–Crippen MR) is 147 cm³/mol. The lowest BCUT2D eigenvalue weighted by molar-refractivity contribution is -0.124. The molecule has 0 radical (unpaired) electrons. The van der Waals surface area contributed by atoms with E-state index in [2.05, 4.69) is 10.6 Å². The van der Waals surface area contributed by atoms with Gasteiger partial charge in [-0.25, -0.2) is 4.79 Å². The summed E-state index contributed by atoms with van der Waals surface area (Å²) >= 11 is 0. The van der Waals surface area contributed by atoms with Crippen molar-refractivity contribution in [1.82, 2.24) is 5.32 Å². The molecule has 1 aliphatic carbocycles. The Morgan fingerprint density at radius 1 is 0.865 bits per heavy atom. The summed E-state index contributed by atoms with van der Waals surface area (Å²) in [6.45, 7) is 3.49. The number of carbonyl (C=O) groups is 2. The zero-order valence-corrected chi connectivity index (χ0v) is 21.3. The number of amides is 3. The molecular weight excluding hydrogens is 466 g/mol. The molecule has 3 amide bonds. The van der Waals surface area contributed by atoms with Gasteiger partial charge in [0.25, 0.3) is 0 Å². The molecule has 4 rings (SSSR count). The van der Waals surface area contributed by atoms with E-state index in [1.807, 2.05) is 85.8 Å². The van der Waals surface area contributed by atoms with Crippen molar-refractivity contribution in [2.24, 2.45) is 5.92 Å². The van der Waals surface area contributed by atoms with Crippen LogP contribution < -0.4 is 25.0 Å². The van der Waals surface area contributed by atoms with Gasteiger partial charge in [-0.2, -0.15) is 0 Å². The van der Waals surface area contributed by atoms with Crippen molar-refractivity contribution in [2.45, 2.75) is 39.0 Å². The van der Waals surface area contributed by atoms with Crippen LogP contribution in [0.1, 0.15) is 39.0 Å². The van der Waals surface area contributed by atoms with Gasteiger partial charge in [0, 0.05) is 30.4 Å². The van der Waals surface area contributed by atoms with E-state index in [4.69, 9.17) is 9.47 Å². The smallest absolute Gasteiger partial charge is 0.326 e. The minimum Gasteiger partial charge on any atom is -0.494 e. The molecule has 0 aliphatic heterocycles. The number of hydrogen-bond donors (Lipinski definition) is 2. The molecule has 37 heavy (non-hydrogen) atoms. The van der Waals surface area contributed by atoms with Crippen LogP contribution in [0.15, 0.2) is 78.9 Å². The van der Waals surface area contributed by atoms with Crippen LogP contribution in [0, 0.1) is 5.92 Å². The molecule has 7 nitrogen and oxygen atoms in total. The van der Waals surface area contributed by atoms with Crippen LogP contribution in [-0.4, -0.2) is 31.6 Å². The molecule has 0 heterocycles. The van der Waals surface area contributed by atoms with Gasteiger partial charge in [-0.1, -0.05) is 31.0 Å². The minimum absolute atomic E-state index is 0.130. The molecule has 0 unspecified atom stereocenters. The average molecular weight is 502 g/mol. The van der Waals surface area contributed by atoms with E-state index in [-0.39, 0.29) is 17.9 Å². The Bertz CT molecular complexity index is 1130. The molecule has 0 saturated heterocycles. The zero-order chi connectivity index (χ0) is 25.9. The number of rotatable bonds is 11. The normalized spacial score (nSPS) is 13.1. The number of nitrogens with one attached hydrogen (secondary N) is 2. The summed E-state index contributed by atoms with van der Waals surface area (Å²) in [4.78, 5) is 27.4. The maximum atomic E-state index is 13.3. The Morgan fingerprint density at radius 3 is 2.19 bits per heavy atom. The third kappa shape index (κ3) is 7.74. The largest absolute Gasteiger partial charge is 0.494 e. The first-order valence-electron chi connectivity index (χ1n) is 13.0. The fourth-order valence-corrected chi connectivity index (χ4v) is 4.44. The van der Waals surface area contributed by atoms with E-state index >= 15 is 0 Å². The Balaban J connectivity index is 1.40. The Morgan fingerprint density at radius 2 is 1.51 bits per heavy atom. The number of para-hydroxylation sites is 1. The lowest BCUT2D eigenvalue weighted by Gasteiger charge is -2.24. The van der Waals surface area contributed by atoms with Crippen LogP contribution in [0.25, 0.3) is 0 Å². The number of benzene rings is 3. The number of nitrogens with zero attached hydrogens (tertiary/aromatic N) is 1. The molecule has 3 aromatic carbocycles. The highest BCUT2D eigenvalue weighted by molar-refractivity contribution is 6.01. The zero-order valence-electron chi connectivity index (χ0n) is 21.3. The van der Waals surface area contributed by atoms with E-state index in [1.54, 1.807) is 4.90 Å². The number of urea groups is 1. The standard InChI is InChI=1S/C30H35N3O4/c1-2-36-26-17-13-24(14-18-26)32-30(35)33(22-8-21-31-29(34)23-9-6-7-10-23)25-15-19-28(20-16-25)37-27-11-4-3-5-12-27/h3-5,11-20,23H,2,6-10,21-22H2,1H3,(H,31,34)(H,32,35). The quantitative estimate of drug-likeness (QED) is 0.290. The number of carbonyl (C=O) groups excluding carboxylic acids is 2. The average Bonchev–Trinajstić information content (AvgIpc) is 3.46. The van der Waals surface area contributed by atoms with Crippen LogP contribution in [0.5, 0.6) is 17.2 Å². The molecule has 3 aromatic rings. The van der Waals surface area contributed by atoms with Crippen molar-refractivity contribution >= 4 is 23.3 Å². The lowest BCUT2D eigenvalue weighted by atomic mass is 10.1. The van der Waals surface area contributed by atoms with Crippen LogP contribution in [-0.2, 0) is 4.79 Å². The highest BCUT2D eigenvalue weighted by atomic mass is 16.5. The van der Waals surface area contributed by atoms with Gasteiger partial charge in [0.15, 0.2) is 0 Å². The van der Waals surface area contributed by atoms with Crippen LogP contribution >= 0.6 is 0 Å². The number of anilines is 2. The monoisotopic (exact) mass is 501 g/mol. The van der Waals surface area contributed by atoms with Crippen LogP contribution in [0.2, 0.25) is 0 Å². The second-order valence-electron chi connectivity index (χ2n) is 9.07. The topological polar surface area (TPSA) is 79.9 Å². The highest BCUT2D eigenvalue weighted by Gasteiger charge is 2.22. The third-order valence-electron chi connectivity index (χ3n) is 6.37. The summed E-state index contributed by atoms with van der Waals surface area (Å²) in [5.41, 5.74) is 1.42. The van der Waals surface area contributed by atoms with E-state index in [9.17, 15) is 9.59 Å². The van der Waals surface area contributed by atoms with E-state index < -0.39 is 0 Å². The highest BCUT2D eigenvalue weighted by Crippen LogP contribution is 2.26. The first kappa shape index (κ1) is 26.1. The fraction of sp³-hybridized carbons (Fsp3) is 0.333.